The van der Waals surface area contributed by atoms with Crippen LogP contribution in [0.5, 0.6) is 5.95 Å². The second-order valence-electron chi connectivity index (χ2n) is 3.09. The molecule has 1 heterocycles. The highest BCUT2D eigenvalue weighted by molar-refractivity contribution is 6.30. The summed E-state index contributed by atoms with van der Waals surface area (Å²) >= 11 is 11.5. The van der Waals surface area contributed by atoms with Gasteiger partial charge in [0.15, 0.2) is 5.69 Å². The van der Waals surface area contributed by atoms with Gasteiger partial charge in [-0.25, -0.2) is 4.98 Å². The van der Waals surface area contributed by atoms with Crippen LogP contribution >= 0.6 is 23.2 Å². The molecule has 0 saturated carbocycles. The largest absolute Gasteiger partial charge is 0.467 e. The summed E-state index contributed by atoms with van der Waals surface area (Å²) in [6.07, 6.45) is 0. The number of methoxy groups -OCH3 is 1. The summed E-state index contributed by atoms with van der Waals surface area (Å²) in [4.78, 5) is 4.23. The summed E-state index contributed by atoms with van der Waals surface area (Å²) in [5.41, 5.74) is 1.51. The smallest absolute Gasteiger partial charge is 0.313 e. The molecule has 5 heteroatoms. The van der Waals surface area contributed by atoms with E-state index in [-0.39, 0.29) is 5.88 Å². The predicted molar refractivity (Wildman–Crippen MR) is 63.1 cm³/mol. The van der Waals surface area contributed by atoms with Crippen molar-refractivity contribution in [3.05, 3.63) is 35.2 Å². The average Bonchev–Trinajstić information content (AvgIpc) is 2.73. The van der Waals surface area contributed by atoms with Crippen LogP contribution < -0.4 is 4.74 Å². The van der Waals surface area contributed by atoms with E-state index in [1.165, 1.54) is 7.11 Å². The normalized spacial score (nSPS) is 10.4. The predicted octanol–water partition coefficient (Wildman–Crippen LogP) is 3.74. The molecule has 0 atom stereocenters. The van der Waals surface area contributed by atoms with Crippen LogP contribution in [0.3, 0.4) is 0 Å². The van der Waals surface area contributed by atoms with E-state index in [0.717, 1.165) is 5.56 Å². The summed E-state index contributed by atoms with van der Waals surface area (Å²) in [5.74, 6) is 1.01. The first-order valence-corrected chi connectivity index (χ1v) is 5.51. The molecule has 0 saturated heterocycles. The Morgan fingerprint density at radius 1 is 1.31 bits per heavy atom. The summed E-state index contributed by atoms with van der Waals surface area (Å²) < 4.78 is 10.4. The van der Waals surface area contributed by atoms with Crippen molar-refractivity contribution in [3.63, 3.8) is 0 Å². The Bertz CT molecular complexity index is 479. The van der Waals surface area contributed by atoms with Gasteiger partial charge in [0.2, 0.25) is 5.89 Å². The molecular formula is C11H9Cl2NO2. The van der Waals surface area contributed by atoms with E-state index in [1.807, 2.05) is 12.1 Å². The van der Waals surface area contributed by atoms with Gasteiger partial charge in [-0.3, -0.25) is 0 Å². The highest BCUT2D eigenvalue weighted by Gasteiger charge is 2.14. The first kappa shape index (κ1) is 11.3. The van der Waals surface area contributed by atoms with Crippen LogP contribution in [0.4, 0.5) is 0 Å². The summed E-state index contributed by atoms with van der Waals surface area (Å²) in [6, 6.07) is 7.26. The van der Waals surface area contributed by atoms with Crippen molar-refractivity contribution in [2.75, 3.05) is 7.11 Å². The molecule has 0 unspecified atom stereocenters. The Labute approximate surface area is 103 Å². The SMILES string of the molecule is COc1oc(CCl)nc1-c1ccc(Cl)cc1. The van der Waals surface area contributed by atoms with Gasteiger partial charge in [-0.15, -0.1) is 11.6 Å². The van der Waals surface area contributed by atoms with Crippen molar-refractivity contribution in [1.82, 2.24) is 4.98 Å². The van der Waals surface area contributed by atoms with Gasteiger partial charge in [-0.1, -0.05) is 23.7 Å². The van der Waals surface area contributed by atoms with Gasteiger partial charge in [-0.05, 0) is 12.1 Å². The highest BCUT2D eigenvalue weighted by Crippen LogP contribution is 2.31. The number of rotatable bonds is 3. The molecule has 3 nitrogen and oxygen atoms in total. The van der Waals surface area contributed by atoms with Gasteiger partial charge in [0.25, 0.3) is 0 Å². The van der Waals surface area contributed by atoms with E-state index in [2.05, 4.69) is 4.98 Å². The van der Waals surface area contributed by atoms with Crippen molar-refractivity contribution >= 4 is 23.2 Å². The standard InChI is InChI=1S/C11H9Cl2NO2/c1-15-11-10(14-9(6-12)16-11)7-2-4-8(13)5-3-7/h2-5H,6H2,1H3. The lowest BCUT2D eigenvalue weighted by Crippen LogP contribution is -1.84. The summed E-state index contributed by atoms with van der Waals surface area (Å²) in [6.45, 7) is 0. The molecule has 0 aliphatic heterocycles. The minimum absolute atomic E-state index is 0.212. The van der Waals surface area contributed by atoms with Crippen molar-refractivity contribution in [2.24, 2.45) is 0 Å². The van der Waals surface area contributed by atoms with Gasteiger partial charge in [0.05, 0.1) is 13.0 Å². The second kappa shape index (κ2) is 4.76. The maximum absolute atomic E-state index is 5.81. The van der Waals surface area contributed by atoms with Crippen molar-refractivity contribution in [1.29, 1.82) is 0 Å². The summed E-state index contributed by atoms with van der Waals surface area (Å²) in [7, 11) is 1.53. The molecule has 0 spiro atoms. The maximum atomic E-state index is 5.81. The second-order valence-corrected chi connectivity index (χ2v) is 3.79. The molecule has 0 fully saturated rings. The Morgan fingerprint density at radius 2 is 2.00 bits per heavy atom. The molecule has 16 heavy (non-hydrogen) atoms. The molecule has 2 rings (SSSR count). The van der Waals surface area contributed by atoms with Crippen LogP contribution in [0.15, 0.2) is 28.7 Å². The van der Waals surface area contributed by atoms with Gasteiger partial charge in [0.1, 0.15) is 0 Å². The fourth-order valence-corrected chi connectivity index (χ4v) is 1.57. The van der Waals surface area contributed by atoms with E-state index in [1.54, 1.807) is 12.1 Å². The molecule has 0 bridgehead atoms. The Hall–Kier alpha value is -1.19. The number of oxazole rings is 1. The number of alkyl halides is 1. The number of aromatic nitrogens is 1. The number of hydrogen-bond donors (Lipinski definition) is 0. The first-order chi connectivity index (χ1) is 7.74. The maximum Gasteiger partial charge on any atom is 0.313 e. The third-order valence-corrected chi connectivity index (χ3v) is 2.54. The zero-order chi connectivity index (χ0) is 11.5. The van der Waals surface area contributed by atoms with Crippen LogP contribution in [-0.4, -0.2) is 12.1 Å². The van der Waals surface area contributed by atoms with Gasteiger partial charge >= 0.3 is 5.95 Å². The topological polar surface area (TPSA) is 35.3 Å². The molecule has 2 aromatic rings. The van der Waals surface area contributed by atoms with E-state index in [4.69, 9.17) is 32.4 Å². The van der Waals surface area contributed by atoms with Crippen LogP contribution in [-0.2, 0) is 5.88 Å². The third-order valence-electron chi connectivity index (χ3n) is 2.06. The van der Waals surface area contributed by atoms with E-state index >= 15 is 0 Å². The molecule has 0 N–H and O–H groups in total. The molecule has 1 aromatic heterocycles. The van der Waals surface area contributed by atoms with Crippen molar-refractivity contribution in [2.45, 2.75) is 5.88 Å². The van der Waals surface area contributed by atoms with Gasteiger partial charge < -0.3 is 9.15 Å². The number of hydrogen-bond acceptors (Lipinski definition) is 3. The lowest BCUT2D eigenvalue weighted by Gasteiger charge is -1.98. The summed E-state index contributed by atoms with van der Waals surface area (Å²) in [5, 5.41) is 0.670. The lowest BCUT2D eigenvalue weighted by atomic mass is 10.2. The zero-order valence-corrected chi connectivity index (χ0v) is 10.0. The fraction of sp³-hybridized carbons (Fsp3) is 0.182. The monoisotopic (exact) mass is 257 g/mol. The third kappa shape index (κ3) is 2.15. The lowest BCUT2D eigenvalue weighted by molar-refractivity contribution is 0.298. The number of benzene rings is 1. The number of ether oxygens (including phenoxy) is 1. The van der Waals surface area contributed by atoms with Crippen LogP contribution in [0.1, 0.15) is 5.89 Å². The Kier molecular flexibility index (Phi) is 3.36. The zero-order valence-electron chi connectivity index (χ0n) is 8.54. The van der Waals surface area contributed by atoms with Crippen LogP contribution in [0.25, 0.3) is 11.3 Å². The molecule has 0 radical (unpaired) electrons. The van der Waals surface area contributed by atoms with E-state index in [9.17, 15) is 0 Å². The van der Waals surface area contributed by atoms with E-state index < -0.39 is 0 Å². The van der Waals surface area contributed by atoms with Crippen molar-refractivity contribution < 1.29 is 9.15 Å². The fourth-order valence-electron chi connectivity index (χ4n) is 1.33. The Morgan fingerprint density at radius 3 is 2.56 bits per heavy atom. The molecule has 1 aromatic carbocycles. The highest BCUT2D eigenvalue weighted by atomic mass is 35.5. The van der Waals surface area contributed by atoms with Crippen LogP contribution in [0, 0.1) is 0 Å². The molecule has 0 amide bonds. The Balaban J connectivity index is 2.45. The van der Waals surface area contributed by atoms with E-state index in [0.29, 0.717) is 22.6 Å². The molecule has 84 valence electrons. The minimum Gasteiger partial charge on any atom is -0.467 e. The van der Waals surface area contributed by atoms with Gasteiger partial charge in [-0.2, -0.15) is 0 Å². The number of halogens is 2. The van der Waals surface area contributed by atoms with Gasteiger partial charge in [0, 0.05) is 10.6 Å². The van der Waals surface area contributed by atoms with Crippen LogP contribution in [0.2, 0.25) is 5.02 Å². The minimum atomic E-state index is 0.212. The molecule has 0 aliphatic carbocycles. The molecule has 0 aliphatic rings. The van der Waals surface area contributed by atoms with Crippen molar-refractivity contribution in [3.8, 4) is 17.2 Å². The quantitative estimate of drug-likeness (QED) is 0.786. The first-order valence-electron chi connectivity index (χ1n) is 4.60. The average molecular weight is 258 g/mol. The number of nitrogens with zero attached hydrogens (tertiary/aromatic N) is 1. The molecular weight excluding hydrogens is 249 g/mol.